The Hall–Kier alpha value is -2.54. The number of aliphatic imine (C=N–C) groups is 1. The van der Waals surface area contributed by atoms with Crippen molar-refractivity contribution in [3.63, 3.8) is 0 Å². The number of methoxy groups -OCH3 is 1. The van der Waals surface area contributed by atoms with Crippen LogP contribution >= 0.6 is 0 Å². The number of ether oxygens (including phenoxy) is 2. The number of aromatic nitrogens is 2. The van der Waals surface area contributed by atoms with Gasteiger partial charge in [-0.15, -0.1) is 0 Å². The Bertz CT molecular complexity index is 773. The first kappa shape index (κ1) is 19.2. The van der Waals surface area contributed by atoms with Crippen LogP contribution in [0.15, 0.2) is 41.7 Å². The number of rotatable bonds is 5. The normalized spacial score (nSPS) is 19.0. The number of hydrogen-bond acceptors (Lipinski definition) is 4. The van der Waals surface area contributed by atoms with E-state index >= 15 is 0 Å². The molecule has 2 aromatic rings. The highest BCUT2D eigenvalue weighted by Crippen LogP contribution is 2.26. The molecule has 1 N–H and O–H groups in total. The SMILES string of the molecule is CN=C(NCC(C)c1ccccc1OC)N1CCOC(c2cnn(C)c2)C1. The summed E-state index contributed by atoms with van der Waals surface area (Å²) in [6, 6.07) is 8.15. The summed E-state index contributed by atoms with van der Waals surface area (Å²) >= 11 is 0. The number of guanidine groups is 1. The molecule has 1 aromatic carbocycles. The molecule has 146 valence electrons. The molecular formula is C20H29N5O2. The minimum Gasteiger partial charge on any atom is -0.496 e. The summed E-state index contributed by atoms with van der Waals surface area (Å²) in [7, 11) is 5.46. The van der Waals surface area contributed by atoms with E-state index in [4.69, 9.17) is 9.47 Å². The van der Waals surface area contributed by atoms with Gasteiger partial charge in [0.1, 0.15) is 11.9 Å². The molecule has 1 fully saturated rings. The molecule has 0 bridgehead atoms. The number of morpholine rings is 1. The lowest BCUT2D eigenvalue weighted by atomic mass is 10.0. The number of para-hydroxylation sites is 1. The van der Waals surface area contributed by atoms with Gasteiger partial charge < -0.3 is 19.7 Å². The summed E-state index contributed by atoms with van der Waals surface area (Å²) in [5.74, 6) is 2.12. The molecule has 1 saturated heterocycles. The molecule has 0 aliphatic carbocycles. The van der Waals surface area contributed by atoms with Crippen LogP contribution in [0.1, 0.15) is 30.1 Å². The van der Waals surface area contributed by atoms with Crippen LogP contribution < -0.4 is 10.1 Å². The Labute approximate surface area is 161 Å². The van der Waals surface area contributed by atoms with Crippen molar-refractivity contribution < 1.29 is 9.47 Å². The summed E-state index contributed by atoms with van der Waals surface area (Å²) in [6.07, 6.45) is 3.89. The molecule has 1 aliphatic heterocycles. The zero-order valence-electron chi connectivity index (χ0n) is 16.6. The molecule has 7 nitrogen and oxygen atoms in total. The predicted molar refractivity (Wildman–Crippen MR) is 106 cm³/mol. The highest BCUT2D eigenvalue weighted by Gasteiger charge is 2.25. The Morgan fingerprint density at radius 3 is 2.96 bits per heavy atom. The van der Waals surface area contributed by atoms with Crippen LogP contribution in [-0.4, -0.2) is 61.0 Å². The standard InChI is InChI=1S/C20H29N5O2/c1-15(17-7-5-6-8-18(17)26-4)11-22-20(21-2)25-9-10-27-19(14-25)16-12-23-24(3)13-16/h5-8,12-13,15,19H,9-11,14H2,1-4H3,(H,21,22). The van der Waals surface area contributed by atoms with Crippen LogP contribution in [0.5, 0.6) is 5.75 Å². The zero-order chi connectivity index (χ0) is 19.2. The molecule has 0 saturated carbocycles. The summed E-state index contributed by atoms with van der Waals surface area (Å²) in [5.41, 5.74) is 2.29. The largest absolute Gasteiger partial charge is 0.496 e. The van der Waals surface area contributed by atoms with E-state index in [9.17, 15) is 0 Å². The molecule has 1 aromatic heterocycles. The van der Waals surface area contributed by atoms with Crippen LogP contribution in [0.25, 0.3) is 0 Å². The Morgan fingerprint density at radius 1 is 1.44 bits per heavy atom. The maximum atomic E-state index is 5.93. The topological polar surface area (TPSA) is 63.9 Å². The third kappa shape index (κ3) is 4.60. The third-order valence-electron chi connectivity index (χ3n) is 4.91. The first-order valence-corrected chi connectivity index (χ1v) is 9.31. The van der Waals surface area contributed by atoms with E-state index in [2.05, 4.69) is 33.3 Å². The smallest absolute Gasteiger partial charge is 0.193 e. The van der Waals surface area contributed by atoms with Gasteiger partial charge in [-0.3, -0.25) is 9.67 Å². The number of hydrogen-bond donors (Lipinski definition) is 1. The second-order valence-electron chi connectivity index (χ2n) is 6.82. The first-order chi connectivity index (χ1) is 13.1. The Morgan fingerprint density at radius 2 is 2.26 bits per heavy atom. The van der Waals surface area contributed by atoms with Crippen molar-refractivity contribution in [3.8, 4) is 5.75 Å². The van der Waals surface area contributed by atoms with Gasteiger partial charge in [0.2, 0.25) is 0 Å². The molecule has 2 heterocycles. The molecule has 27 heavy (non-hydrogen) atoms. The maximum Gasteiger partial charge on any atom is 0.193 e. The van der Waals surface area contributed by atoms with Crippen LogP contribution in [0.4, 0.5) is 0 Å². The predicted octanol–water partition coefficient (Wildman–Crippen LogP) is 2.18. The molecular weight excluding hydrogens is 342 g/mol. The van der Waals surface area contributed by atoms with Crippen molar-refractivity contribution in [3.05, 3.63) is 47.8 Å². The van der Waals surface area contributed by atoms with E-state index in [0.717, 1.165) is 36.9 Å². The highest BCUT2D eigenvalue weighted by molar-refractivity contribution is 5.80. The molecule has 1 aliphatic rings. The first-order valence-electron chi connectivity index (χ1n) is 9.31. The lowest BCUT2D eigenvalue weighted by Gasteiger charge is -2.35. The molecule has 2 atom stereocenters. The van der Waals surface area contributed by atoms with Crippen LogP contribution in [0, 0.1) is 0 Å². The number of benzene rings is 1. The van der Waals surface area contributed by atoms with Crippen molar-refractivity contribution >= 4 is 5.96 Å². The fourth-order valence-electron chi connectivity index (χ4n) is 3.41. The van der Waals surface area contributed by atoms with E-state index in [1.807, 2.05) is 44.7 Å². The summed E-state index contributed by atoms with van der Waals surface area (Å²) < 4.78 is 13.2. The second-order valence-corrected chi connectivity index (χ2v) is 6.82. The Balaban J connectivity index is 1.61. The molecule has 3 rings (SSSR count). The average molecular weight is 371 g/mol. The van der Waals surface area contributed by atoms with Gasteiger partial charge in [0.05, 0.1) is 26.5 Å². The molecule has 7 heteroatoms. The van der Waals surface area contributed by atoms with E-state index in [1.165, 1.54) is 5.56 Å². The van der Waals surface area contributed by atoms with Crippen LogP contribution in [0.3, 0.4) is 0 Å². The minimum atomic E-state index is 0.0117. The lowest BCUT2D eigenvalue weighted by molar-refractivity contribution is -0.00803. The average Bonchev–Trinajstić information content (AvgIpc) is 3.15. The van der Waals surface area contributed by atoms with Crippen molar-refractivity contribution in [2.45, 2.75) is 18.9 Å². The van der Waals surface area contributed by atoms with Gasteiger partial charge in [-0.1, -0.05) is 25.1 Å². The van der Waals surface area contributed by atoms with Gasteiger partial charge in [-0.25, -0.2) is 0 Å². The zero-order valence-corrected chi connectivity index (χ0v) is 16.6. The minimum absolute atomic E-state index is 0.0117. The fourth-order valence-corrected chi connectivity index (χ4v) is 3.41. The van der Waals surface area contributed by atoms with Crippen molar-refractivity contribution in [1.29, 1.82) is 0 Å². The van der Waals surface area contributed by atoms with Gasteiger partial charge in [0.25, 0.3) is 0 Å². The monoisotopic (exact) mass is 371 g/mol. The number of aryl methyl sites for hydroxylation is 1. The quantitative estimate of drug-likeness (QED) is 0.645. The van der Waals surface area contributed by atoms with Crippen LogP contribution in [0.2, 0.25) is 0 Å². The summed E-state index contributed by atoms with van der Waals surface area (Å²) in [4.78, 5) is 6.72. The fraction of sp³-hybridized carbons (Fsp3) is 0.500. The van der Waals surface area contributed by atoms with Gasteiger partial charge in [-0.05, 0) is 11.6 Å². The van der Waals surface area contributed by atoms with Crippen molar-refractivity contribution in [2.75, 3.05) is 40.4 Å². The van der Waals surface area contributed by atoms with E-state index in [-0.39, 0.29) is 6.10 Å². The second kappa shape index (κ2) is 8.90. The highest BCUT2D eigenvalue weighted by atomic mass is 16.5. The van der Waals surface area contributed by atoms with Gasteiger partial charge in [0, 0.05) is 44.9 Å². The van der Waals surface area contributed by atoms with E-state index in [1.54, 1.807) is 11.8 Å². The molecule has 0 amide bonds. The molecule has 0 radical (unpaired) electrons. The van der Waals surface area contributed by atoms with Gasteiger partial charge in [0.15, 0.2) is 5.96 Å². The maximum absolute atomic E-state index is 5.93. The van der Waals surface area contributed by atoms with E-state index in [0.29, 0.717) is 12.5 Å². The van der Waals surface area contributed by atoms with Gasteiger partial charge >= 0.3 is 0 Å². The summed E-state index contributed by atoms with van der Waals surface area (Å²) in [5, 5.41) is 7.76. The van der Waals surface area contributed by atoms with Crippen molar-refractivity contribution in [1.82, 2.24) is 20.0 Å². The van der Waals surface area contributed by atoms with E-state index < -0.39 is 0 Å². The lowest BCUT2D eigenvalue weighted by Crippen LogP contribution is -2.48. The van der Waals surface area contributed by atoms with Gasteiger partial charge in [-0.2, -0.15) is 5.10 Å². The number of nitrogens with zero attached hydrogens (tertiary/aromatic N) is 4. The third-order valence-corrected chi connectivity index (χ3v) is 4.91. The summed E-state index contributed by atoms with van der Waals surface area (Å²) in [6.45, 7) is 5.22. The van der Waals surface area contributed by atoms with Crippen LogP contribution in [-0.2, 0) is 11.8 Å². The Kier molecular flexibility index (Phi) is 6.34. The van der Waals surface area contributed by atoms with Crippen molar-refractivity contribution in [2.24, 2.45) is 12.0 Å². The number of nitrogens with one attached hydrogen (secondary N) is 1. The molecule has 2 unspecified atom stereocenters. The molecule has 0 spiro atoms.